The van der Waals surface area contributed by atoms with E-state index < -0.39 is 0 Å². The monoisotopic (exact) mass is 354 g/mol. The van der Waals surface area contributed by atoms with Gasteiger partial charge in [0.1, 0.15) is 11.6 Å². The molecule has 1 amide bonds. The maximum Gasteiger partial charge on any atom is 0.267 e. The van der Waals surface area contributed by atoms with E-state index in [2.05, 4.69) is 11.6 Å². The third-order valence-corrected chi connectivity index (χ3v) is 4.45. The number of phenols is 1. The minimum absolute atomic E-state index is 0.152. The second-order valence-electron chi connectivity index (χ2n) is 5.28. The number of amidine groups is 1. The van der Waals surface area contributed by atoms with Crippen LogP contribution in [0, 0.1) is 5.82 Å². The van der Waals surface area contributed by atoms with Crippen molar-refractivity contribution in [1.82, 2.24) is 4.90 Å². The molecule has 0 aromatic heterocycles. The van der Waals surface area contributed by atoms with E-state index in [0.29, 0.717) is 22.3 Å². The van der Waals surface area contributed by atoms with Crippen LogP contribution in [-0.2, 0) is 4.79 Å². The van der Waals surface area contributed by atoms with E-state index in [-0.39, 0.29) is 17.5 Å². The van der Waals surface area contributed by atoms with E-state index in [0.717, 1.165) is 5.56 Å². The summed E-state index contributed by atoms with van der Waals surface area (Å²) in [5.41, 5.74) is 1.37. The first-order valence-corrected chi connectivity index (χ1v) is 8.34. The Balaban J connectivity index is 1.93. The number of phenolic OH excluding ortho intramolecular Hbond substituents is 1. The maximum atomic E-state index is 13.0. The number of carbonyl (C=O) groups is 1. The summed E-state index contributed by atoms with van der Waals surface area (Å²) < 4.78 is 13.0. The molecule has 0 spiro atoms. The summed E-state index contributed by atoms with van der Waals surface area (Å²) in [6.07, 6.45) is 3.34. The first kappa shape index (κ1) is 17.0. The van der Waals surface area contributed by atoms with Gasteiger partial charge in [0.05, 0.1) is 10.6 Å². The number of nitrogens with zero attached hydrogens (tertiary/aromatic N) is 2. The summed E-state index contributed by atoms with van der Waals surface area (Å²) in [7, 11) is 0. The zero-order chi connectivity index (χ0) is 17.8. The van der Waals surface area contributed by atoms with Crippen molar-refractivity contribution < 1.29 is 14.3 Å². The molecule has 2 aromatic rings. The molecule has 1 N–H and O–H groups in total. The van der Waals surface area contributed by atoms with Crippen molar-refractivity contribution >= 4 is 34.6 Å². The Bertz CT molecular complexity index is 858. The molecule has 3 rings (SSSR count). The molecule has 0 bridgehead atoms. The molecule has 1 aliphatic heterocycles. The molecule has 126 valence electrons. The van der Waals surface area contributed by atoms with Gasteiger partial charge in [0.15, 0.2) is 5.17 Å². The van der Waals surface area contributed by atoms with Gasteiger partial charge >= 0.3 is 0 Å². The molecular formula is C19H15FN2O2S. The first-order valence-electron chi connectivity index (χ1n) is 7.52. The fourth-order valence-corrected chi connectivity index (χ4v) is 3.24. The fraction of sp³-hybridized carbons (Fsp3) is 0.0526. The van der Waals surface area contributed by atoms with Crippen LogP contribution in [0.25, 0.3) is 6.08 Å². The molecule has 2 aromatic carbocycles. The molecule has 0 aliphatic carbocycles. The van der Waals surface area contributed by atoms with Crippen LogP contribution in [0.2, 0.25) is 0 Å². The van der Waals surface area contributed by atoms with Gasteiger partial charge in [-0.1, -0.05) is 18.2 Å². The largest absolute Gasteiger partial charge is 0.508 e. The van der Waals surface area contributed by atoms with Crippen molar-refractivity contribution in [3.63, 3.8) is 0 Å². The topological polar surface area (TPSA) is 52.9 Å². The highest BCUT2D eigenvalue weighted by molar-refractivity contribution is 8.18. The molecular weight excluding hydrogens is 339 g/mol. The van der Waals surface area contributed by atoms with Gasteiger partial charge in [-0.15, -0.1) is 6.58 Å². The fourth-order valence-electron chi connectivity index (χ4n) is 2.23. The van der Waals surface area contributed by atoms with Gasteiger partial charge in [-0.2, -0.15) is 0 Å². The van der Waals surface area contributed by atoms with Crippen molar-refractivity contribution in [2.24, 2.45) is 4.99 Å². The van der Waals surface area contributed by atoms with E-state index in [1.54, 1.807) is 36.4 Å². The number of rotatable bonds is 4. The number of hydrogen-bond donors (Lipinski definition) is 1. The molecule has 25 heavy (non-hydrogen) atoms. The van der Waals surface area contributed by atoms with Crippen LogP contribution in [0.5, 0.6) is 5.75 Å². The molecule has 0 unspecified atom stereocenters. The standard InChI is InChI=1S/C19H15FN2O2S/c1-2-11-22-18(24)17(12-13-3-5-14(20)6-4-13)25-19(22)21-15-7-9-16(23)10-8-15/h2-10,12,23H,1,11H2/b17-12-,21-19?. The Morgan fingerprint density at radius 3 is 2.48 bits per heavy atom. The lowest BCUT2D eigenvalue weighted by atomic mass is 10.2. The Hall–Kier alpha value is -2.86. The number of thioether (sulfide) groups is 1. The number of halogens is 1. The Labute approximate surface area is 149 Å². The number of amides is 1. The van der Waals surface area contributed by atoms with Gasteiger partial charge in [-0.3, -0.25) is 9.69 Å². The maximum absolute atomic E-state index is 13.0. The average molecular weight is 354 g/mol. The predicted octanol–water partition coefficient (Wildman–Crippen LogP) is 4.32. The summed E-state index contributed by atoms with van der Waals surface area (Å²) in [5.74, 6) is -0.346. The number of aromatic hydroxyl groups is 1. The van der Waals surface area contributed by atoms with E-state index in [1.807, 2.05) is 0 Å². The minimum Gasteiger partial charge on any atom is -0.508 e. The van der Waals surface area contributed by atoms with Gasteiger partial charge in [0, 0.05) is 6.54 Å². The summed E-state index contributed by atoms with van der Waals surface area (Å²) in [5, 5.41) is 9.89. The van der Waals surface area contributed by atoms with Crippen LogP contribution < -0.4 is 0 Å². The number of carbonyl (C=O) groups excluding carboxylic acids is 1. The third-order valence-electron chi connectivity index (χ3n) is 3.44. The van der Waals surface area contributed by atoms with Crippen LogP contribution in [0.3, 0.4) is 0 Å². The van der Waals surface area contributed by atoms with Crippen LogP contribution >= 0.6 is 11.8 Å². The lowest BCUT2D eigenvalue weighted by Crippen LogP contribution is -2.29. The van der Waals surface area contributed by atoms with E-state index in [9.17, 15) is 14.3 Å². The van der Waals surface area contributed by atoms with Gasteiger partial charge in [-0.25, -0.2) is 9.38 Å². The first-order chi connectivity index (χ1) is 12.1. The molecule has 1 saturated heterocycles. The predicted molar refractivity (Wildman–Crippen MR) is 99.1 cm³/mol. The van der Waals surface area contributed by atoms with Crippen molar-refractivity contribution in [2.45, 2.75) is 0 Å². The average Bonchev–Trinajstić information content (AvgIpc) is 2.88. The van der Waals surface area contributed by atoms with Crippen LogP contribution in [-0.4, -0.2) is 27.6 Å². The highest BCUT2D eigenvalue weighted by Crippen LogP contribution is 2.34. The Kier molecular flexibility index (Phi) is 5.00. The van der Waals surface area contributed by atoms with E-state index in [4.69, 9.17) is 0 Å². The number of aliphatic imine (C=N–C) groups is 1. The lowest BCUT2D eigenvalue weighted by molar-refractivity contribution is -0.121. The molecule has 4 nitrogen and oxygen atoms in total. The summed E-state index contributed by atoms with van der Waals surface area (Å²) in [4.78, 5) is 19.1. The van der Waals surface area contributed by atoms with Crippen molar-refractivity contribution in [1.29, 1.82) is 0 Å². The molecule has 0 saturated carbocycles. The zero-order valence-corrected chi connectivity index (χ0v) is 14.0. The van der Waals surface area contributed by atoms with Gasteiger partial charge in [-0.05, 0) is 59.8 Å². The molecule has 1 fully saturated rings. The van der Waals surface area contributed by atoms with Crippen molar-refractivity contribution in [2.75, 3.05) is 6.54 Å². The smallest absolute Gasteiger partial charge is 0.267 e. The number of benzene rings is 2. The summed E-state index contributed by atoms with van der Waals surface area (Å²) in [6.45, 7) is 4.01. The van der Waals surface area contributed by atoms with Crippen LogP contribution in [0.4, 0.5) is 10.1 Å². The normalized spacial score (nSPS) is 17.5. The number of hydrogen-bond acceptors (Lipinski definition) is 4. The summed E-state index contributed by atoms with van der Waals surface area (Å²) in [6, 6.07) is 12.3. The Morgan fingerprint density at radius 1 is 1.16 bits per heavy atom. The van der Waals surface area contributed by atoms with Gasteiger partial charge in [0.2, 0.25) is 0 Å². The van der Waals surface area contributed by atoms with Gasteiger partial charge < -0.3 is 5.11 Å². The highest BCUT2D eigenvalue weighted by Gasteiger charge is 2.32. The zero-order valence-electron chi connectivity index (χ0n) is 13.2. The van der Waals surface area contributed by atoms with Crippen molar-refractivity contribution in [3.05, 3.63) is 77.5 Å². The molecule has 6 heteroatoms. The summed E-state index contributed by atoms with van der Waals surface area (Å²) >= 11 is 1.25. The second kappa shape index (κ2) is 7.36. The van der Waals surface area contributed by atoms with Crippen LogP contribution in [0.15, 0.2) is 71.1 Å². The third kappa shape index (κ3) is 3.97. The Morgan fingerprint density at radius 2 is 1.84 bits per heavy atom. The molecule has 1 heterocycles. The van der Waals surface area contributed by atoms with E-state index >= 15 is 0 Å². The quantitative estimate of drug-likeness (QED) is 0.657. The molecule has 0 radical (unpaired) electrons. The molecule has 0 atom stereocenters. The van der Waals surface area contributed by atoms with Crippen molar-refractivity contribution in [3.8, 4) is 5.75 Å². The molecule has 1 aliphatic rings. The SMILES string of the molecule is C=CCN1C(=O)/C(=C/c2ccc(F)cc2)SC1=Nc1ccc(O)cc1. The minimum atomic E-state index is -0.324. The van der Waals surface area contributed by atoms with Crippen LogP contribution in [0.1, 0.15) is 5.56 Å². The van der Waals surface area contributed by atoms with E-state index in [1.165, 1.54) is 40.9 Å². The van der Waals surface area contributed by atoms with Gasteiger partial charge in [0.25, 0.3) is 5.91 Å². The highest BCUT2D eigenvalue weighted by atomic mass is 32.2. The second-order valence-corrected chi connectivity index (χ2v) is 6.29. The lowest BCUT2D eigenvalue weighted by Gasteiger charge is -2.12.